The summed E-state index contributed by atoms with van der Waals surface area (Å²) >= 11 is 0. The number of amides is 2. The minimum absolute atomic E-state index is 0.00674. The van der Waals surface area contributed by atoms with Gasteiger partial charge in [0, 0.05) is 12.5 Å². The van der Waals surface area contributed by atoms with Crippen molar-refractivity contribution in [2.24, 2.45) is 17.8 Å². The van der Waals surface area contributed by atoms with Crippen molar-refractivity contribution in [3.8, 4) is 11.1 Å². The number of aliphatic carboxylic acids is 1. The van der Waals surface area contributed by atoms with E-state index >= 15 is 0 Å². The fourth-order valence-electron chi connectivity index (χ4n) is 4.43. The molecular weight excluding hydrogens is 432 g/mol. The molecule has 7 nitrogen and oxygen atoms in total. The molecule has 0 fully saturated rings. The van der Waals surface area contributed by atoms with Crippen LogP contribution in [0.15, 0.2) is 48.5 Å². The smallest absolute Gasteiger partial charge is 0.407 e. The molecule has 7 heteroatoms. The topological polar surface area (TPSA) is 105 Å². The highest BCUT2D eigenvalue weighted by Crippen LogP contribution is 2.44. The number of carboxylic acid groups (broad SMARTS) is 1. The molecular formula is C27H34N2O5. The average Bonchev–Trinajstić information content (AvgIpc) is 3.10. The van der Waals surface area contributed by atoms with Crippen molar-refractivity contribution in [1.82, 2.24) is 10.6 Å². The van der Waals surface area contributed by atoms with E-state index in [9.17, 15) is 19.5 Å². The normalized spacial score (nSPS) is 14.3. The number of alkyl carbamates (subject to hydrolysis) is 1. The number of carboxylic acids is 1. The van der Waals surface area contributed by atoms with E-state index in [1.165, 1.54) is 0 Å². The molecule has 1 aliphatic rings. The first-order valence-corrected chi connectivity index (χ1v) is 11.8. The highest BCUT2D eigenvalue weighted by Gasteiger charge is 2.30. The summed E-state index contributed by atoms with van der Waals surface area (Å²) in [6.07, 6.45) is -0.253. The Balaban J connectivity index is 1.63. The Morgan fingerprint density at radius 2 is 1.50 bits per heavy atom. The van der Waals surface area contributed by atoms with Gasteiger partial charge in [0.25, 0.3) is 0 Å². The summed E-state index contributed by atoms with van der Waals surface area (Å²) in [6, 6.07) is 15.4. The number of carbonyl (C=O) groups excluding carboxylic acids is 2. The van der Waals surface area contributed by atoms with Crippen LogP contribution < -0.4 is 10.6 Å². The molecule has 182 valence electrons. The van der Waals surface area contributed by atoms with E-state index in [0.717, 1.165) is 22.3 Å². The summed E-state index contributed by atoms with van der Waals surface area (Å²) in [6.45, 7) is 7.66. The molecule has 0 spiro atoms. The van der Waals surface area contributed by atoms with Crippen molar-refractivity contribution in [2.45, 2.75) is 46.1 Å². The van der Waals surface area contributed by atoms with E-state index in [2.05, 4.69) is 22.8 Å². The Bertz CT molecular complexity index is 988. The summed E-state index contributed by atoms with van der Waals surface area (Å²) in [5.74, 6) is -2.12. The fraction of sp³-hybridized carbons (Fsp3) is 0.444. The Kier molecular flexibility index (Phi) is 8.31. The van der Waals surface area contributed by atoms with Crippen LogP contribution in [-0.4, -0.2) is 42.3 Å². The Labute approximate surface area is 200 Å². The van der Waals surface area contributed by atoms with Crippen molar-refractivity contribution in [2.75, 3.05) is 13.2 Å². The van der Waals surface area contributed by atoms with Crippen LogP contribution in [0, 0.1) is 17.8 Å². The standard InChI is InChI=1S/C27H34N2O5/c1-16(2)13-24(25(30)28-14-22(17(3)4)26(31)32)29-27(33)34-15-23-20-11-7-5-9-18(20)19-10-6-8-12-21(19)23/h5-12,16-17,22-24H,13-15H2,1-4H3,(H,28,30)(H,29,33)(H,31,32)/t22?,24-/m1/s1. The summed E-state index contributed by atoms with van der Waals surface area (Å²) in [4.78, 5) is 36.9. The van der Waals surface area contributed by atoms with Crippen LogP contribution in [0.4, 0.5) is 4.79 Å². The zero-order valence-electron chi connectivity index (χ0n) is 20.2. The predicted octanol–water partition coefficient (Wildman–Crippen LogP) is 4.41. The lowest BCUT2D eigenvalue weighted by molar-refractivity contribution is -0.143. The Morgan fingerprint density at radius 3 is 2.00 bits per heavy atom. The van der Waals surface area contributed by atoms with Gasteiger partial charge in [-0.25, -0.2) is 4.79 Å². The number of fused-ring (bicyclic) bond motifs is 3. The molecule has 0 radical (unpaired) electrons. The van der Waals surface area contributed by atoms with Gasteiger partial charge in [-0.2, -0.15) is 0 Å². The van der Waals surface area contributed by atoms with E-state index in [4.69, 9.17) is 4.74 Å². The Hall–Kier alpha value is -3.35. The van der Waals surface area contributed by atoms with Crippen LogP contribution in [0.25, 0.3) is 11.1 Å². The Morgan fingerprint density at radius 1 is 0.941 bits per heavy atom. The maximum Gasteiger partial charge on any atom is 0.407 e. The maximum absolute atomic E-state index is 12.8. The summed E-state index contributed by atoms with van der Waals surface area (Å²) < 4.78 is 5.58. The van der Waals surface area contributed by atoms with Crippen LogP contribution in [0.5, 0.6) is 0 Å². The van der Waals surface area contributed by atoms with Crippen molar-refractivity contribution < 1.29 is 24.2 Å². The second-order valence-corrected chi connectivity index (χ2v) is 9.59. The second kappa shape index (κ2) is 11.2. The molecule has 0 aliphatic heterocycles. The molecule has 0 saturated heterocycles. The quantitative estimate of drug-likeness (QED) is 0.481. The first-order chi connectivity index (χ1) is 16.2. The third kappa shape index (κ3) is 5.95. The van der Waals surface area contributed by atoms with E-state index in [1.807, 2.05) is 50.2 Å². The van der Waals surface area contributed by atoms with E-state index in [1.54, 1.807) is 13.8 Å². The zero-order chi connectivity index (χ0) is 24.8. The van der Waals surface area contributed by atoms with Gasteiger partial charge < -0.3 is 20.5 Å². The monoisotopic (exact) mass is 466 g/mol. The van der Waals surface area contributed by atoms with Gasteiger partial charge in [0.05, 0.1) is 5.92 Å². The number of benzene rings is 2. The molecule has 1 aliphatic carbocycles. The molecule has 0 heterocycles. The summed E-state index contributed by atoms with van der Waals surface area (Å²) in [7, 11) is 0. The summed E-state index contributed by atoms with van der Waals surface area (Å²) in [5.41, 5.74) is 4.51. The SMILES string of the molecule is CC(C)C[C@@H](NC(=O)OCC1c2ccccc2-c2ccccc21)C(=O)NCC(C(=O)O)C(C)C. The predicted molar refractivity (Wildman–Crippen MR) is 130 cm³/mol. The summed E-state index contributed by atoms with van der Waals surface area (Å²) in [5, 5.41) is 14.7. The number of nitrogens with one attached hydrogen (secondary N) is 2. The fourth-order valence-corrected chi connectivity index (χ4v) is 4.43. The maximum atomic E-state index is 12.8. The van der Waals surface area contributed by atoms with E-state index < -0.39 is 29.9 Å². The number of rotatable bonds is 10. The minimum Gasteiger partial charge on any atom is -0.481 e. The third-order valence-electron chi connectivity index (χ3n) is 6.28. The van der Waals surface area contributed by atoms with Crippen molar-refractivity contribution in [3.63, 3.8) is 0 Å². The molecule has 1 unspecified atom stereocenters. The van der Waals surface area contributed by atoms with Gasteiger partial charge in [-0.15, -0.1) is 0 Å². The van der Waals surface area contributed by atoms with Crippen LogP contribution in [0.1, 0.15) is 51.2 Å². The third-order valence-corrected chi connectivity index (χ3v) is 6.28. The lowest BCUT2D eigenvalue weighted by atomic mass is 9.95. The van der Waals surface area contributed by atoms with Crippen LogP contribution in [0.2, 0.25) is 0 Å². The largest absolute Gasteiger partial charge is 0.481 e. The number of carbonyl (C=O) groups is 3. The number of hydrogen-bond donors (Lipinski definition) is 3. The van der Waals surface area contributed by atoms with Crippen molar-refractivity contribution >= 4 is 18.0 Å². The number of hydrogen-bond acceptors (Lipinski definition) is 4. The highest BCUT2D eigenvalue weighted by atomic mass is 16.5. The first-order valence-electron chi connectivity index (χ1n) is 11.8. The lowest BCUT2D eigenvalue weighted by Crippen LogP contribution is -2.49. The van der Waals surface area contributed by atoms with E-state index in [0.29, 0.717) is 6.42 Å². The van der Waals surface area contributed by atoms with Gasteiger partial charge in [-0.3, -0.25) is 9.59 Å². The average molecular weight is 467 g/mol. The molecule has 2 aromatic rings. The highest BCUT2D eigenvalue weighted by molar-refractivity contribution is 5.86. The van der Waals surface area contributed by atoms with Gasteiger partial charge >= 0.3 is 12.1 Å². The van der Waals surface area contributed by atoms with Crippen LogP contribution in [-0.2, 0) is 14.3 Å². The zero-order valence-corrected chi connectivity index (χ0v) is 20.2. The van der Waals surface area contributed by atoms with Gasteiger partial charge in [-0.1, -0.05) is 76.2 Å². The van der Waals surface area contributed by atoms with Gasteiger partial charge in [0.1, 0.15) is 12.6 Å². The van der Waals surface area contributed by atoms with Crippen molar-refractivity contribution in [1.29, 1.82) is 0 Å². The van der Waals surface area contributed by atoms with Crippen LogP contribution in [0.3, 0.4) is 0 Å². The molecule has 0 bridgehead atoms. The molecule has 0 aromatic heterocycles. The molecule has 3 N–H and O–H groups in total. The first kappa shape index (κ1) is 25.3. The number of ether oxygens (including phenoxy) is 1. The molecule has 34 heavy (non-hydrogen) atoms. The minimum atomic E-state index is -0.958. The lowest BCUT2D eigenvalue weighted by Gasteiger charge is -2.23. The van der Waals surface area contributed by atoms with Gasteiger partial charge in [0.15, 0.2) is 0 Å². The second-order valence-electron chi connectivity index (χ2n) is 9.59. The van der Waals surface area contributed by atoms with Gasteiger partial charge in [-0.05, 0) is 40.5 Å². The molecule has 2 atom stereocenters. The van der Waals surface area contributed by atoms with Gasteiger partial charge in [0.2, 0.25) is 5.91 Å². The van der Waals surface area contributed by atoms with E-state index in [-0.39, 0.29) is 30.9 Å². The molecule has 2 amide bonds. The molecule has 0 saturated carbocycles. The molecule has 3 rings (SSSR count). The van der Waals surface area contributed by atoms with Crippen molar-refractivity contribution in [3.05, 3.63) is 59.7 Å². The van der Waals surface area contributed by atoms with Crippen LogP contribution >= 0.6 is 0 Å². The molecule has 2 aromatic carbocycles.